The zero-order chi connectivity index (χ0) is 21.6. The van der Waals surface area contributed by atoms with Crippen LogP contribution in [0.4, 0.5) is 5.69 Å². The number of hydrogen-bond donors (Lipinski definition) is 2. The molecule has 3 rings (SSSR count). The Kier molecular flexibility index (Phi) is 6.78. The highest BCUT2D eigenvalue weighted by atomic mass is 35.5. The Hall–Kier alpha value is -3.27. The lowest BCUT2D eigenvalue weighted by molar-refractivity contribution is -0.136. The molecule has 0 saturated heterocycles. The van der Waals surface area contributed by atoms with Gasteiger partial charge >= 0.3 is 5.97 Å². The second-order valence-corrected chi connectivity index (χ2v) is 8.50. The molecule has 0 heterocycles. The molecule has 0 radical (unpaired) electrons. The van der Waals surface area contributed by atoms with E-state index in [1.54, 1.807) is 30.3 Å². The maximum absolute atomic E-state index is 12.8. The van der Waals surface area contributed by atoms with E-state index in [-0.39, 0.29) is 23.4 Å². The summed E-state index contributed by atoms with van der Waals surface area (Å²) in [5, 5.41) is 9.10. The van der Waals surface area contributed by atoms with Crippen LogP contribution in [0.5, 0.6) is 0 Å². The van der Waals surface area contributed by atoms with Gasteiger partial charge in [0.25, 0.3) is 10.0 Å². The lowest BCUT2D eigenvalue weighted by atomic mass is 10.1. The van der Waals surface area contributed by atoms with Crippen molar-refractivity contribution in [2.75, 3.05) is 4.72 Å². The van der Waals surface area contributed by atoms with Crippen LogP contribution < -0.4 is 4.72 Å². The summed E-state index contributed by atoms with van der Waals surface area (Å²) in [4.78, 5) is 10.7. The van der Waals surface area contributed by atoms with Crippen molar-refractivity contribution in [3.8, 4) is 23.0 Å². The third-order valence-corrected chi connectivity index (χ3v) is 5.80. The fourth-order valence-corrected chi connectivity index (χ4v) is 3.95. The molecule has 0 spiro atoms. The highest BCUT2D eigenvalue weighted by Gasteiger charge is 2.16. The number of carboxylic acids is 1. The largest absolute Gasteiger partial charge is 0.481 e. The molecule has 0 aliphatic rings. The highest BCUT2D eigenvalue weighted by molar-refractivity contribution is 7.92. The van der Waals surface area contributed by atoms with Crippen LogP contribution in [-0.2, 0) is 14.8 Å². The van der Waals surface area contributed by atoms with Gasteiger partial charge in [-0.15, -0.1) is 0 Å². The Balaban J connectivity index is 1.84. The monoisotopic (exact) mass is 439 g/mol. The molecule has 5 nitrogen and oxygen atoms in total. The number of rotatable bonds is 6. The van der Waals surface area contributed by atoms with Gasteiger partial charge in [0.05, 0.1) is 22.6 Å². The van der Waals surface area contributed by atoms with Crippen LogP contribution in [0.3, 0.4) is 0 Å². The first-order valence-corrected chi connectivity index (χ1v) is 10.9. The van der Waals surface area contributed by atoms with Crippen LogP contribution in [0.2, 0.25) is 5.02 Å². The van der Waals surface area contributed by atoms with Crippen molar-refractivity contribution in [3.05, 3.63) is 83.4 Å². The number of halogens is 1. The molecule has 0 unspecified atom stereocenters. The van der Waals surface area contributed by atoms with Crippen molar-refractivity contribution in [1.82, 2.24) is 0 Å². The van der Waals surface area contributed by atoms with Crippen LogP contribution in [0.25, 0.3) is 11.1 Å². The zero-order valence-electron chi connectivity index (χ0n) is 15.8. The van der Waals surface area contributed by atoms with Crippen LogP contribution in [0.15, 0.2) is 77.7 Å². The normalized spacial score (nSPS) is 10.7. The average molecular weight is 440 g/mol. The maximum atomic E-state index is 12.8. The summed E-state index contributed by atoms with van der Waals surface area (Å²) in [5.41, 5.74) is 2.55. The molecule has 30 heavy (non-hydrogen) atoms. The van der Waals surface area contributed by atoms with Crippen LogP contribution >= 0.6 is 11.6 Å². The number of nitrogens with one attached hydrogen (secondary N) is 1. The van der Waals surface area contributed by atoms with E-state index in [2.05, 4.69) is 16.6 Å². The van der Waals surface area contributed by atoms with Crippen molar-refractivity contribution in [2.45, 2.75) is 17.7 Å². The predicted octanol–water partition coefficient (Wildman–Crippen LogP) is 5.02. The first-order chi connectivity index (χ1) is 14.3. The van der Waals surface area contributed by atoms with Gasteiger partial charge in [0.2, 0.25) is 0 Å². The fourth-order valence-electron chi connectivity index (χ4n) is 2.70. The van der Waals surface area contributed by atoms with Gasteiger partial charge in [0.15, 0.2) is 0 Å². The standard InChI is InChI=1S/C23H18ClNO4S/c24-20-12-15-22(19(16-20)8-4-5-9-23(26)27)25-30(28,29)21-13-10-18(11-14-21)17-6-2-1-3-7-17/h1-3,6-7,10-16,25H,5,9H2,(H,26,27). The molecule has 0 aliphatic carbocycles. The Morgan fingerprint density at radius 2 is 1.63 bits per heavy atom. The Labute approximate surface area is 180 Å². The molecule has 3 aromatic carbocycles. The minimum Gasteiger partial charge on any atom is -0.481 e. The molecule has 0 aromatic heterocycles. The van der Waals surface area contributed by atoms with Crippen LogP contribution in [-0.4, -0.2) is 19.5 Å². The van der Waals surface area contributed by atoms with E-state index < -0.39 is 16.0 Å². The topological polar surface area (TPSA) is 83.5 Å². The molecule has 0 amide bonds. The van der Waals surface area contributed by atoms with Gasteiger partial charge in [-0.3, -0.25) is 9.52 Å². The van der Waals surface area contributed by atoms with E-state index >= 15 is 0 Å². The minimum absolute atomic E-state index is 0.0949. The number of hydrogen-bond acceptors (Lipinski definition) is 3. The van der Waals surface area contributed by atoms with E-state index in [4.69, 9.17) is 16.7 Å². The minimum atomic E-state index is -3.85. The average Bonchev–Trinajstić information content (AvgIpc) is 2.73. The summed E-state index contributed by atoms with van der Waals surface area (Å²) in [5.74, 6) is 4.57. The van der Waals surface area contributed by atoms with Gasteiger partial charge in [0, 0.05) is 11.4 Å². The van der Waals surface area contributed by atoms with Crippen molar-refractivity contribution < 1.29 is 18.3 Å². The molecule has 0 atom stereocenters. The van der Waals surface area contributed by atoms with Gasteiger partial charge in [-0.1, -0.05) is 65.9 Å². The van der Waals surface area contributed by atoms with Crippen molar-refractivity contribution in [2.24, 2.45) is 0 Å². The molecular formula is C23H18ClNO4S. The summed E-state index contributed by atoms with van der Waals surface area (Å²) in [7, 11) is -3.85. The number of sulfonamides is 1. The zero-order valence-corrected chi connectivity index (χ0v) is 17.4. The van der Waals surface area contributed by atoms with Gasteiger partial charge in [-0.25, -0.2) is 8.42 Å². The molecule has 0 fully saturated rings. The van der Waals surface area contributed by atoms with Gasteiger partial charge in [-0.05, 0) is 41.5 Å². The molecule has 152 valence electrons. The van der Waals surface area contributed by atoms with E-state index in [1.807, 2.05) is 30.3 Å². The van der Waals surface area contributed by atoms with E-state index in [0.29, 0.717) is 10.6 Å². The molecule has 7 heteroatoms. The third kappa shape index (κ3) is 5.63. The number of carboxylic acid groups (broad SMARTS) is 1. The Bertz CT molecular complexity index is 1210. The highest BCUT2D eigenvalue weighted by Crippen LogP contribution is 2.25. The lowest BCUT2D eigenvalue weighted by Gasteiger charge is -2.11. The van der Waals surface area contributed by atoms with Gasteiger partial charge in [-0.2, -0.15) is 0 Å². The summed E-state index contributed by atoms with van der Waals surface area (Å²) in [6.07, 6.45) is 0.0530. The quantitative estimate of drug-likeness (QED) is 0.528. The van der Waals surface area contributed by atoms with Crippen LogP contribution in [0, 0.1) is 11.8 Å². The molecule has 2 N–H and O–H groups in total. The third-order valence-electron chi connectivity index (χ3n) is 4.18. The second-order valence-electron chi connectivity index (χ2n) is 6.38. The molecular weight excluding hydrogens is 422 g/mol. The molecule has 3 aromatic rings. The Morgan fingerprint density at radius 1 is 0.967 bits per heavy atom. The smallest absolute Gasteiger partial charge is 0.304 e. The number of benzene rings is 3. The van der Waals surface area contributed by atoms with Crippen molar-refractivity contribution in [1.29, 1.82) is 0 Å². The van der Waals surface area contributed by atoms with Gasteiger partial charge < -0.3 is 5.11 Å². The number of aliphatic carboxylic acids is 1. The summed E-state index contributed by atoms with van der Waals surface area (Å²) < 4.78 is 28.2. The lowest BCUT2D eigenvalue weighted by Crippen LogP contribution is -2.13. The number of anilines is 1. The van der Waals surface area contributed by atoms with E-state index in [9.17, 15) is 13.2 Å². The maximum Gasteiger partial charge on any atom is 0.304 e. The Morgan fingerprint density at radius 3 is 2.30 bits per heavy atom. The fraction of sp³-hybridized carbons (Fsp3) is 0.0870. The molecule has 0 saturated carbocycles. The first-order valence-electron chi connectivity index (χ1n) is 9.04. The number of carbonyl (C=O) groups is 1. The van der Waals surface area contributed by atoms with Crippen molar-refractivity contribution >= 4 is 33.3 Å². The molecule has 0 bridgehead atoms. The second kappa shape index (κ2) is 9.49. The first kappa shape index (κ1) is 21.4. The van der Waals surface area contributed by atoms with Crippen LogP contribution in [0.1, 0.15) is 18.4 Å². The summed E-state index contributed by atoms with van der Waals surface area (Å²) in [6.45, 7) is 0. The predicted molar refractivity (Wildman–Crippen MR) is 118 cm³/mol. The summed E-state index contributed by atoms with van der Waals surface area (Å²) in [6, 6.07) is 20.8. The van der Waals surface area contributed by atoms with E-state index in [0.717, 1.165) is 11.1 Å². The SMILES string of the molecule is O=C(O)CCC#Cc1cc(Cl)ccc1NS(=O)(=O)c1ccc(-c2ccccc2)cc1. The summed E-state index contributed by atoms with van der Waals surface area (Å²) >= 11 is 6.00. The van der Waals surface area contributed by atoms with E-state index in [1.165, 1.54) is 12.1 Å². The molecule has 0 aliphatic heterocycles. The van der Waals surface area contributed by atoms with Crippen molar-refractivity contribution in [3.63, 3.8) is 0 Å². The van der Waals surface area contributed by atoms with Gasteiger partial charge in [0.1, 0.15) is 0 Å².